The Morgan fingerprint density at radius 3 is 2.59 bits per heavy atom. The molecule has 2 aromatic rings. The highest BCUT2D eigenvalue weighted by molar-refractivity contribution is 6.11. The molecule has 0 radical (unpaired) electrons. The number of ether oxygens (including phenoxy) is 1. The first-order chi connectivity index (χ1) is 10.6. The second kappa shape index (κ2) is 5.61. The lowest BCUT2D eigenvalue weighted by Crippen LogP contribution is -2.36. The molecule has 1 N–H and O–H groups in total. The van der Waals surface area contributed by atoms with E-state index in [-0.39, 0.29) is 16.6 Å². The lowest BCUT2D eigenvalue weighted by molar-refractivity contribution is -0.383. The molecular weight excluding hydrogens is 288 g/mol. The van der Waals surface area contributed by atoms with Crippen LogP contribution < -0.4 is 4.90 Å². The minimum absolute atomic E-state index is 0.0562. The molecule has 1 saturated heterocycles. The standard InChI is InChI=1S/C15H14N2O5/c18-15(19)11-3-1-2-10-12(16-6-8-22-9-7-16)4-5-13(14(10)11)17(20)21/h1-5H,6-9H2,(H,18,19). The maximum absolute atomic E-state index is 11.4. The van der Waals surface area contributed by atoms with Crippen LogP contribution in [0, 0.1) is 10.1 Å². The molecule has 3 rings (SSSR count). The van der Waals surface area contributed by atoms with E-state index in [1.807, 2.05) is 0 Å². The number of nitro groups is 1. The van der Waals surface area contributed by atoms with Crippen molar-refractivity contribution in [2.75, 3.05) is 31.2 Å². The Balaban J connectivity index is 2.28. The summed E-state index contributed by atoms with van der Waals surface area (Å²) in [4.78, 5) is 24.2. The van der Waals surface area contributed by atoms with Crippen molar-refractivity contribution in [3.05, 3.63) is 46.0 Å². The number of carboxylic acids is 1. The summed E-state index contributed by atoms with van der Waals surface area (Å²) in [6.07, 6.45) is 0. The van der Waals surface area contributed by atoms with Crippen molar-refractivity contribution in [3.8, 4) is 0 Å². The third-order valence-electron chi connectivity index (χ3n) is 3.77. The molecule has 0 spiro atoms. The van der Waals surface area contributed by atoms with Gasteiger partial charge in [0.1, 0.15) is 0 Å². The van der Waals surface area contributed by atoms with Crippen molar-refractivity contribution in [1.29, 1.82) is 0 Å². The van der Waals surface area contributed by atoms with E-state index in [1.165, 1.54) is 12.1 Å². The third-order valence-corrected chi connectivity index (χ3v) is 3.77. The first-order valence-electron chi connectivity index (χ1n) is 6.85. The first-order valence-corrected chi connectivity index (χ1v) is 6.85. The van der Waals surface area contributed by atoms with Crippen LogP contribution in [0.5, 0.6) is 0 Å². The Hall–Kier alpha value is -2.67. The van der Waals surface area contributed by atoms with Gasteiger partial charge in [-0.25, -0.2) is 4.79 Å². The minimum Gasteiger partial charge on any atom is -0.478 e. The van der Waals surface area contributed by atoms with Gasteiger partial charge >= 0.3 is 5.97 Å². The van der Waals surface area contributed by atoms with Gasteiger partial charge in [0.2, 0.25) is 0 Å². The normalized spacial score (nSPS) is 15.0. The molecule has 1 heterocycles. The van der Waals surface area contributed by atoms with Crippen LogP contribution in [0.4, 0.5) is 11.4 Å². The molecule has 7 nitrogen and oxygen atoms in total. The molecule has 0 atom stereocenters. The SMILES string of the molecule is O=C(O)c1cccc2c(N3CCOCC3)ccc([N+](=O)[O-])c12. The summed E-state index contributed by atoms with van der Waals surface area (Å²) in [5.41, 5.74) is 0.552. The molecule has 1 fully saturated rings. The largest absolute Gasteiger partial charge is 0.478 e. The van der Waals surface area contributed by atoms with Crippen LogP contribution in [0.2, 0.25) is 0 Å². The van der Waals surface area contributed by atoms with Gasteiger partial charge in [0.15, 0.2) is 0 Å². The number of anilines is 1. The molecule has 0 bridgehead atoms. The number of nitrogens with zero attached hydrogens (tertiary/aromatic N) is 2. The Labute approximate surface area is 125 Å². The van der Waals surface area contributed by atoms with Gasteiger partial charge in [-0.3, -0.25) is 10.1 Å². The average Bonchev–Trinajstić information content (AvgIpc) is 2.53. The van der Waals surface area contributed by atoms with Gasteiger partial charge in [-0.15, -0.1) is 0 Å². The van der Waals surface area contributed by atoms with E-state index in [0.29, 0.717) is 31.7 Å². The number of morpholine rings is 1. The highest BCUT2D eigenvalue weighted by Crippen LogP contribution is 2.36. The summed E-state index contributed by atoms with van der Waals surface area (Å²) in [5.74, 6) is -1.17. The fraction of sp³-hybridized carbons (Fsp3) is 0.267. The number of non-ortho nitro benzene ring substituents is 1. The molecule has 0 aromatic heterocycles. The lowest BCUT2D eigenvalue weighted by Gasteiger charge is -2.30. The van der Waals surface area contributed by atoms with Gasteiger partial charge in [-0.05, 0) is 12.1 Å². The topological polar surface area (TPSA) is 92.9 Å². The van der Waals surface area contributed by atoms with Gasteiger partial charge in [-0.2, -0.15) is 0 Å². The number of hydrogen-bond donors (Lipinski definition) is 1. The quantitative estimate of drug-likeness (QED) is 0.690. The van der Waals surface area contributed by atoms with E-state index >= 15 is 0 Å². The number of rotatable bonds is 3. The summed E-state index contributed by atoms with van der Waals surface area (Å²) in [6, 6.07) is 7.77. The highest BCUT2D eigenvalue weighted by atomic mass is 16.6. The molecule has 0 saturated carbocycles. The van der Waals surface area contributed by atoms with Crippen molar-refractivity contribution < 1.29 is 19.6 Å². The van der Waals surface area contributed by atoms with Crippen molar-refractivity contribution in [1.82, 2.24) is 0 Å². The zero-order valence-corrected chi connectivity index (χ0v) is 11.7. The number of carboxylic acid groups (broad SMARTS) is 1. The molecule has 0 aliphatic carbocycles. The average molecular weight is 302 g/mol. The number of fused-ring (bicyclic) bond motifs is 1. The maximum atomic E-state index is 11.4. The molecule has 0 unspecified atom stereocenters. The van der Waals surface area contributed by atoms with E-state index in [4.69, 9.17) is 4.74 Å². The van der Waals surface area contributed by atoms with Crippen LogP contribution in [0.15, 0.2) is 30.3 Å². The smallest absolute Gasteiger partial charge is 0.336 e. The Morgan fingerprint density at radius 1 is 1.23 bits per heavy atom. The summed E-state index contributed by atoms with van der Waals surface area (Å²) < 4.78 is 5.31. The summed E-state index contributed by atoms with van der Waals surface area (Å²) >= 11 is 0. The Bertz CT molecular complexity index is 733. The number of aromatic carboxylic acids is 1. The second-order valence-corrected chi connectivity index (χ2v) is 4.99. The molecular formula is C15H14N2O5. The Kier molecular flexibility index (Phi) is 3.64. The van der Waals surface area contributed by atoms with Crippen molar-refractivity contribution in [2.45, 2.75) is 0 Å². The molecule has 0 amide bonds. The third kappa shape index (κ3) is 2.35. The van der Waals surface area contributed by atoms with Gasteiger partial charge < -0.3 is 14.7 Å². The lowest BCUT2D eigenvalue weighted by atomic mass is 10.0. The van der Waals surface area contributed by atoms with Crippen LogP contribution >= 0.6 is 0 Å². The van der Waals surface area contributed by atoms with Gasteiger partial charge in [0, 0.05) is 30.2 Å². The molecule has 22 heavy (non-hydrogen) atoms. The van der Waals surface area contributed by atoms with E-state index in [0.717, 1.165) is 5.69 Å². The second-order valence-electron chi connectivity index (χ2n) is 4.99. The number of nitro benzene ring substituents is 1. The fourth-order valence-electron chi connectivity index (χ4n) is 2.78. The van der Waals surface area contributed by atoms with Crippen molar-refractivity contribution in [3.63, 3.8) is 0 Å². The molecule has 2 aromatic carbocycles. The number of benzene rings is 2. The summed E-state index contributed by atoms with van der Waals surface area (Å²) in [5, 5.41) is 21.3. The highest BCUT2D eigenvalue weighted by Gasteiger charge is 2.23. The molecule has 1 aliphatic heterocycles. The molecule has 7 heteroatoms. The number of hydrogen-bond acceptors (Lipinski definition) is 5. The summed E-state index contributed by atoms with van der Waals surface area (Å²) in [7, 11) is 0. The predicted octanol–water partition coefficient (Wildman–Crippen LogP) is 2.28. The zero-order chi connectivity index (χ0) is 15.7. The van der Waals surface area contributed by atoms with Crippen LogP contribution in [-0.2, 0) is 4.74 Å². The predicted molar refractivity (Wildman–Crippen MR) is 80.6 cm³/mol. The van der Waals surface area contributed by atoms with Crippen LogP contribution in [-0.4, -0.2) is 42.3 Å². The van der Waals surface area contributed by atoms with E-state index < -0.39 is 10.9 Å². The first kappa shape index (κ1) is 14.3. The Morgan fingerprint density at radius 2 is 1.95 bits per heavy atom. The monoisotopic (exact) mass is 302 g/mol. The minimum atomic E-state index is -1.17. The van der Waals surface area contributed by atoms with Crippen LogP contribution in [0.25, 0.3) is 10.8 Å². The van der Waals surface area contributed by atoms with E-state index in [1.54, 1.807) is 18.2 Å². The van der Waals surface area contributed by atoms with Crippen molar-refractivity contribution >= 4 is 28.1 Å². The molecule has 1 aliphatic rings. The van der Waals surface area contributed by atoms with Gasteiger partial charge in [0.25, 0.3) is 5.69 Å². The molecule has 114 valence electrons. The number of carbonyl (C=O) groups is 1. The van der Waals surface area contributed by atoms with E-state index in [2.05, 4.69) is 4.90 Å². The maximum Gasteiger partial charge on any atom is 0.336 e. The van der Waals surface area contributed by atoms with Crippen LogP contribution in [0.3, 0.4) is 0 Å². The van der Waals surface area contributed by atoms with Gasteiger partial charge in [0.05, 0.1) is 29.1 Å². The zero-order valence-electron chi connectivity index (χ0n) is 11.7. The fourth-order valence-corrected chi connectivity index (χ4v) is 2.78. The van der Waals surface area contributed by atoms with E-state index in [9.17, 15) is 20.0 Å². The van der Waals surface area contributed by atoms with Crippen molar-refractivity contribution in [2.24, 2.45) is 0 Å². The summed E-state index contributed by atoms with van der Waals surface area (Å²) in [6.45, 7) is 2.50. The van der Waals surface area contributed by atoms with Gasteiger partial charge in [-0.1, -0.05) is 12.1 Å². The van der Waals surface area contributed by atoms with Crippen LogP contribution in [0.1, 0.15) is 10.4 Å².